The quantitative estimate of drug-likeness (QED) is 0.442. The summed E-state index contributed by atoms with van der Waals surface area (Å²) in [4.78, 5) is 23.4. The fraction of sp³-hybridized carbons (Fsp3) is 0.455. The molecule has 0 heterocycles. The van der Waals surface area contributed by atoms with Gasteiger partial charge in [0.15, 0.2) is 5.41 Å². The molecule has 0 unspecified atom stereocenters. The molecule has 0 amide bonds. The van der Waals surface area contributed by atoms with Crippen molar-refractivity contribution in [2.24, 2.45) is 5.41 Å². The molecule has 5 heteroatoms. The van der Waals surface area contributed by atoms with Crippen molar-refractivity contribution < 1.29 is 19.1 Å². The van der Waals surface area contributed by atoms with Crippen molar-refractivity contribution in [1.82, 2.24) is 0 Å². The zero-order valence-electron chi connectivity index (χ0n) is 9.58. The molecule has 16 heavy (non-hydrogen) atoms. The molecular formula is C11H15BrO4. The predicted octanol–water partition coefficient (Wildman–Crippen LogP) is 2.19. The highest BCUT2D eigenvalue weighted by Crippen LogP contribution is 2.33. The van der Waals surface area contributed by atoms with E-state index in [1.165, 1.54) is 20.3 Å². The second-order valence-electron chi connectivity index (χ2n) is 3.15. The molecule has 0 N–H and O–H groups in total. The van der Waals surface area contributed by atoms with Gasteiger partial charge in [-0.05, 0) is 11.4 Å². The van der Waals surface area contributed by atoms with Crippen molar-refractivity contribution in [3.8, 4) is 0 Å². The fourth-order valence-electron chi connectivity index (χ4n) is 1.37. The monoisotopic (exact) mass is 290 g/mol. The maximum absolute atomic E-state index is 11.7. The molecule has 0 saturated carbocycles. The first kappa shape index (κ1) is 14.9. The first-order chi connectivity index (χ1) is 7.44. The summed E-state index contributed by atoms with van der Waals surface area (Å²) >= 11 is 3.13. The lowest BCUT2D eigenvalue weighted by Gasteiger charge is -2.24. The Morgan fingerprint density at radius 3 is 2.00 bits per heavy atom. The van der Waals surface area contributed by atoms with Gasteiger partial charge in [-0.25, -0.2) is 0 Å². The SMILES string of the molecule is C=C(Br)CC(C=CC)(C(=O)OC)C(=O)OC. The van der Waals surface area contributed by atoms with Crippen molar-refractivity contribution in [3.63, 3.8) is 0 Å². The second kappa shape index (κ2) is 6.48. The van der Waals surface area contributed by atoms with Gasteiger partial charge in [0.25, 0.3) is 0 Å². The van der Waals surface area contributed by atoms with E-state index in [0.29, 0.717) is 4.48 Å². The van der Waals surface area contributed by atoms with Crippen LogP contribution in [0.15, 0.2) is 23.2 Å². The minimum atomic E-state index is -1.46. The molecule has 0 rings (SSSR count). The van der Waals surface area contributed by atoms with Gasteiger partial charge in [0, 0.05) is 6.42 Å². The van der Waals surface area contributed by atoms with Crippen LogP contribution in [0.1, 0.15) is 13.3 Å². The van der Waals surface area contributed by atoms with E-state index < -0.39 is 17.4 Å². The van der Waals surface area contributed by atoms with E-state index in [1.54, 1.807) is 13.0 Å². The van der Waals surface area contributed by atoms with Gasteiger partial charge in [0.2, 0.25) is 0 Å². The molecule has 0 aromatic rings. The van der Waals surface area contributed by atoms with E-state index in [9.17, 15) is 9.59 Å². The topological polar surface area (TPSA) is 52.6 Å². The molecule has 0 aliphatic heterocycles. The summed E-state index contributed by atoms with van der Waals surface area (Å²) in [6, 6.07) is 0. The third-order valence-corrected chi connectivity index (χ3v) is 2.30. The molecule has 0 atom stereocenters. The Morgan fingerprint density at radius 2 is 1.75 bits per heavy atom. The smallest absolute Gasteiger partial charge is 0.327 e. The number of carbonyl (C=O) groups is 2. The number of esters is 2. The summed E-state index contributed by atoms with van der Waals surface area (Å²) in [5.74, 6) is -1.34. The Kier molecular flexibility index (Phi) is 6.03. The highest BCUT2D eigenvalue weighted by atomic mass is 79.9. The second-order valence-corrected chi connectivity index (χ2v) is 4.27. The summed E-state index contributed by atoms with van der Waals surface area (Å²) in [5.41, 5.74) is -1.46. The molecule has 0 aliphatic carbocycles. The lowest BCUT2D eigenvalue weighted by atomic mass is 9.84. The van der Waals surface area contributed by atoms with E-state index in [1.807, 2.05) is 0 Å². The van der Waals surface area contributed by atoms with Crippen LogP contribution in [-0.4, -0.2) is 26.2 Å². The highest BCUT2D eigenvalue weighted by Gasteiger charge is 2.46. The third-order valence-electron chi connectivity index (χ3n) is 2.02. The fourth-order valence-corrected chi connectivity index (χ4v) is 1.82. The average Bonchev–Trinajstić information content (AvgIpc) is 2.25. The number of allylic oxidation sites excluding steroid dienone is 2. The average molecular weight is 291 g/mol. The molecule has 0 saturated heterocycles. The first-order valence-electron chi connectivity index (χ1n) is 4.58. The van der Waals surface area contributed by atoms with Gasteiger partial charge in [0.05, 0.1) is 14.2 Å². The Morgan fingerprint density at radius 1 is 1.31 bits per heavy atom. The highest BCUT2D eigenvalue weighted by molar-refractivity contribution is 9.11. The minimum Gasteiger partial charge on any atom is -0.468 e. The molecule has 0 aromatic carbocycles. The molecule has 4 nitrogen and oxygen atoms in total. The van der Waals surface area contributed by atoms with Gasteiger partial charge < -0.3 is 9.47 Å². The van der Waals surface area contributed by atoms with E-state index in [0.717, 1.165) is 0 Å². The molecular weight excluding hydrogens is 276 g/mol. The van der Waals surface area contributed by atoms with Crippen LogP contribution >= 0.6 is 15.9 Å². The van der Waals surface area contributed by atoms with Gasteiger partial charge in [-0.2, -0.15) is 0 Å². The molecule has 90 valence electrons. The van der Waals surface area contributed by atoms with Crippen LogP contribution in [0.5, 0.6) is 0 Å². The number of ether oxygens (including phenoxy) is 2. The summed E-state index contributed by atoms with van der Waals surface area (Å²) in [5, 5.41) is 0. The van der Waals surface area contributed by atoms with Gasteiger partial charge in [-0.3, -0.25) is 9.59 Å². The van der Waals surface area contributed by atoms with Gasteiger partial charge in [0.1, 0.15) is 0 Å². The number of halogens is 1. The number of hydrogen-bond donors (Lipinski definition) is 0. The summed E-state index contributed by atoms with van der Waals surface area (Å²) in [6.07, 6.45) is 3.15. The maximum atomic E-state index is 11.7. The zero-order valence-corrected chi connectivity index (χ0v) is 11.2. The van der Waals surface area contributed by atoms with Crippen molar-refractivity contribution in [3.05, 3.63) is 23.2 Å². The van der Waals surface area contributed by atoms with Crippen LogP contribution in [0.3, 0.4) is 0 Å². The molecule has 0 spiro atoms. The number of hydrogen-bond acceptors (Lipinski definition) is 4. The molecule has 0 bridgehead atoms. The number of carbonyl (C=O) groups excluding carboxylic acids is 2. The molecule has 0 aromatic heterocycles. The lowest BCUT2D eigenvalue weighted by molar-refractivity contribution is -0.164. The maximum Gasteiger partial charge on any atom is 0.327 e. The van der Waals surface area contributed by atoms with E-state index in [4.69, 9.17) is 0 Å². The third kappa shape index (κ3) is 3.20. The summed E-state index contributed by atoms with van der Waals surface area (Å²) in [6.45, 7) is 5.33. The Labute approximate surface area is 103 Å². The molecule has 0 radical (unpaired) electrons. The zero-order chi connectivity index (χ0) is 12.8. The predicted molar refractivity (Wildman–Crippen MR) is 64.0 cm³/mol. The summed E-state index contributed by atoms with van der Waals surface area (Å²) in [7, 11) is 2.45. The Balaban J connectivity index is 5.46. The largest absolute Gasteiger partial charge is 0.468 e. The minimum absolute atomic E-state index is 0.0939. The van der Waals surface area contributed by atoms with Crippen LogP contribution in [0, 0.1) is 5.41 Å². The number of methoxy groups -OCH3 is 2. The van der Waals surface area contributed by atoms with E-state index >= 15 is 0 Å². The van der Waals surface area contributed by atoms with E-state index in [-0.39, 0.29) is 6.42 Å². The van der Waals surface area contributed by atoms with Crippen molar-refractivity contribution in [2.75, 3.05) is 14.2 Å². The van der Waals surface area contributed by atoms with Gasteiger partial charge in [-0.15, -0.1) is 0 Å². The Bertz CT molecular complexity index is 304. The van der Waals surface area contributed by atoms with Crippen molar-refractivity contribution in [2.45, 2.75) is 13.3 Å². The van der Waals surface area contributed by atoms with Crippen LogP contribution in [-0.2, 0) is 19.1 Å². The van der Waals surface area contributed by atoms with Crippen molar-refractivity contribution >= 4 is 27.9 Å². The lowest BCUT2D eigenvalue weighted by Crippen LogP contribution is -2.39. The Hall–Kier alpha value is -1.10. The van der Waals surface area contributed by atoms with Crippen LogP contribution in [0.2, 0.25) is 0 Å². The number of rotatable bonds is 5. The first-order valence-corrected chi connectivity index (χ1v) is 5.37. The van der Waals surface area contributed by atoms with E-state index in [2.05, 4.69) is 32.0 Å². The normalized spacial score (nSPS) is 11.2. The van der Waals surface area contributed by atoms with Crippen LogP contribution in [0.25, 0.3) is 0 Å². The van der Waals surface area contributed by atoms with Gasteiger partial charge >= 0.3 is 11.9 Å². The standard InChI is InChI=1S/C11H15BrO4/c1-5-6-11(7-8(2)12,9(13)15-3)10(14)16-4/h5-6H,2,7H2,1,3-4H3. The van der Waals surface area contributed by atoms with Gasteiger partial charge in [-0.1, -0.05) is 34.7 Å². The van der Waals surface area contributed by atoms with Crippen LogP contribution in [0.4, 0.5) is 0 Å². The van der Waals surface area contributed by atoms with Crippen LogP contribution < -0.4 is 0 Å². The van der Waals surface area contributed by atoms with Crippen molar-refractivity contribution in [1.29, 1.82) is 0 Å². The summed E-state index contributed by atoms with van der Waals surface area (Å²) < 4.78 is 9.79. The molecule has 0 aliphatic rings. The molecule has 0 fully saturated rings.